The van der Waals surface area contributed by atoms with Gasteiger partial charge in [-0.2, -0.15) is 0 Å². The van der Waals surface area contributed by atoms with E-state index in [9.17, 15) is 4.79 Å². The molecule has 2 unspecified atom stereocenters. The van der Waals surface area contributed by atoms with Gasteiger partial charge in [0.2, 0.25) is 5.91 Å². The van der Waals surface area contributed by atoms with E-state index in [0.717, 1.165) is 11.3 Å². The fourth-order valence-electron chi connectivity index (χ4n) is 2.44. The summed E-state index contributed by atoms with van der Waals surface area (Å²) in [4.78, 5) is 18.8. The quantitative estimate of drug-likeness (QED) is 0.845. The Hall–Kier alpha value is -1.62. The molecule has 0 aliphatic heterocycles. The number of nitrogens with two attached hydrogens (primary N) is 1. The van der Waals surface area contributed by atoms with Crippen LogP contribution >= 0.6 is 24.8 Å². The second-order valence-electron chi connectivity index (χ2n) is 5.40. The zero-order valence-electron chi connectivity index (χ0n) is 14.0. The van der Waals surface area contributed by atoms with Gasteiger partial charge in [-0.25, -0.2) is 0 Å². The van der Waals surface area contributed by atoms with E-state index < -0.39 is 0 Å². The average Bonchev–Trinajstić information content (AvgIpc) is 2.59. The molecule has 0 radical (unpaired) electrons. The van der Waals surface area contributed by atoms with Crippen LogP contribution in [0.3, 0.4) is 0 Å². The summed E-state index contributed by atoms with van der Waals surface area (Å²) in [6, 6.07) is 15.2. The van der Waals surface area contributed by atoms with Crippen molar-refractivity contribution in [3.63, 3.8) is 0 Å². The Bertz CT molecular complexity index is 592. The van der Waals surface area contributed by atoms with Crippen LogP contribution in [-0.4, -0.2) is 22.3 Å². The lowest BCUT2D eigenvalue weighted by Crippen LogP contribution is -2.39. The van der Waals surface area contributed by atoms with Crippen LogP contribution < -0.4 is 5.73 Å². The van der Waals surface area contributed by atoms with Crippen molar-refractivity contribution < 1.29 is 4.79 Å². The summed E-state index contributed by atoms with van der Waals surface area (Å²) in [6.07, 6.45) is 1.74. The van der Waals surface area contributed by atoms with E-state index in [4.69, 9.17) is 5.73 Å². The average molecular weight is 370 g/mol. The fourth-order valence-corrected chi connectivity index (χ4v) is 2.44. The van der Waals surface area contributed by atoms with Crippen molar-refractivity contribution in [3.05, 3.63) is 66.0 Å². The minimum absolute atomic E-state index is 0. The van der Waals surface area contributed by atoms with Crippen LogP contribution in [0, 0.1) is 5.92 Å². The Labute approximate surface area is 156 Å². The first-order valence-corrected chi connectivity index (χ1v) is 7.62. The van der Waals surface area contributed by atoms with Crippen molar-refractivity contribution in [2.24, 2.45) is 11.7 Å². The molecule has 1 aromatic carbocycles. The predicted octanol–water partition coefficient (Wildman–Crippen LogP) is 3.61. The van der Waals surface area contributed by atoms with Gasteiger partial charge in [0.15, 0.2) is 0 Å². The normalized spacial score (nSPS) is 12.3. The maximum absolute atomic E-state index is 12.7. The number of hydrogen-bond donors (Lipinski definition) is 1. The van der Waals surface area contributed by atoms with Crippen LogP contribution in [-0.2, 0) is 11.3 Å². The summed E-state index contributed by atoms with van der Waals surface area (Å²) < 4.78 is 0. The number of nitrogens with zero attached hydrogens (tertiary/aromatic N) is 2. The summed E-state index contributed by atoms with van der Waals surface area (Å²) in [5.41, 5.74) is 8.13. The molecule has 2 rings (SSSR count). The van der Waals surface area contributed by atoms with Gasteiger partial charge >= 0.3 is 0 Å². The van der Waals surface area contributed by atoms with Crippen molar-refractivity contribution >= 4 is 30.7 Å². The third kappa shape index (κ3) is 5.78. The van der Waals surface area contributed by atoms with Gasteiger partial charge in [0.1, 0.15) is 0 Å². The van der Waals surface area contributed by atoms with Crippen molar-refractivity contribution in [2.45, 2.75) is 26.4 Å². The first kappa shape index (κ1) is 22.4. The molecule has 1 aromatic heterocycles. The van der Waals surface area contributed by atoms with Gasteiger partial charge in [-0.1, -0.05) is 43.3 Å². The van der Waals surface area contributed by atoms with Crippen molar-refractivity contribution in [2.75, 3.05) is 6.54 Å². The summed E-state index contributed by atoms with van der Waals surface area (Å²) in [7, 11) is 0. The number of aromatic nitrogens is 1. The van der Waals surface area contributed by atoms with E-state index in [1.165, 1.54) is 0 Å². The van der Waals surface area contributed by atoms with Gasteiger partial charge in [0.05, 0.1) is 18.2 Å². The van der Waals surface area contributed by atoms with Gasteiger partial charge in [-0.3, -0.25) is 9.78 Å². The molecule has 132 valence electrons. The van der Waals surface area contributed by atoms with Crippen molar-refractivity contribution in [3.8, 4) is 0 Å². The molecule has 1 heterocycles. The topological polar surface area (TPSA) is 59.2 Å². The van der Waals surface area contributed by atoms with Crippen LogP contribution in [0.25, 0.3) is 0 Å². The molecule has 2 atom stereocenters. The summed E-state index contributed by atoms with van der Waals surface area (Å²) in [5.74, 6) is -0.212. The second-order valence-corrected chi connectivity index (χ2v) is 5.40. The highest BCUT2D eigenvalue weighted by Gasteiger charge is 2.26. The van der Waals surface area contributed by atoms with Crippen LogP contribution in [0.15, 0.2) is 54.7 Å². The van der Waals surface area contributed by atoms with Gasteiger partial charge in [-0.15, -0.1) is 24.8 Å². The SMILES string of the molecule is CCN(Cc1ccccn1)C(=O)C(C)C(N)c1ccccc1.Cl.Cl. The van der Waals surface area contributed by atoms with E-state index >= 15 is 0 Å². The standard InChI is InChI=1S/C18H23N3O.2ClH/c1-3-21(13-16-11-7-8-12-20-16)18(22)14(2)17(19)15-9-5-4-6-10-15;;/h4-12,14,17H,3,13,19H2,1-2H3;2*1H. The number of carbonyl (C=O) groups excluding carboxylic acids is 1. The highest BCUT2D eigenvalue weighted by Crippen LogP contribution is 2.21. The van der Waals surface area contributed by atoms with Crippen LogP contribution in [0.5, 0.6) is 0 Å². The minimum Gasteiger partial charge on any atom is -0.337 e. The smallest absolute Gasteiger partial charge is 0.227 e. The Morgan fingerprint density at radius 2 is 1.75 bits per heavy atom. The maximum Gasteiger partial charge on any atom is 0.227 e. The Balaban J connectivity index is 0.00000264. The fraction of sp³-hybridized carbons (Fsp3) is 0.333. The lowest BCUT2D eigenvalue weighted by molar-refractivity contribution is -0.136. The highest BCUT2D eigenvalue weighted by molar-refractivity contribution is 5.85. The molecule has 0 saturated carbocycles. The molecule has 0 fully saturated rings. The molecule has 0 bridgehead atoms. The molecule has 0 aliphatic rings. The first-order valence-electron chi connectivity index (χ1n) is 7.62. The lowest BCUT2D eigenvalue weighted by atomic mass is 9.94. The van der Waals surface area contributed by atoms with Gasteiger partial charge in [-0.05, 0) is 24.6 Å². The maximum atomic E-state index is 12.7. The monoisotopic (exact) mass is 369 g/mol. The minimum atomic E-state index is -0.300. The number of benzene rings is 1. The van der Waals surface area contributed by atoms with E-state index in [1.807, 2.05) is 62.4 Å². The third-order valence-corrected chi connectivity index (χ3v) is 3.89. The van der Waals surface area contributed by atoms with Gasteiger partial charge in [0.25, 0.3) is 0 Å². The highest BCUT2D eigenvalue weighted by atomic mass is 35.5. The molecule has 2 aromatic rings. The summed E-state index contributed by atoms with van der Waals surface area (Å²) >= 11 is 0. The van der Waals surface area contributed by atoms with E-state index in [0.29, 0.717) is 13.1 Å². The zero-order chi connectivity index (χ0) is 15.9. The van der Waals surface area contributed by atoms with Crippen LogP contribution in [0.1, 0.15) is 31.1 Å². The number of amides is 1. The lowest BCUT2D eigenvalue weighted by Gasteiger charge is -2.27. The first-order chi connectivity index (χ1) is 10.6. The Kier molecular flexibility index (Phi) is 10.3. The molecule has 4 nitrogen and oxygen atoms in total. The molecule has 6 heteroatoms. The largest absolute Gasteiger partial charge is 0.337 e. The third-order valence-electron chi connectivity index (χ3n) is 3.89. The number of pyridine rings is 1. The zero-order valence-corrected chi connectivity index (χ0v) is 15.6. The van der Waals surface area contributed by atoms with E-state index in [1.54, 1.807) is 11.1 Å². The molecular formula is C18H25Cl2N3O. The number of carbonyl (C=O) groups is 1. The summed E-state index contributed by atoms with van der Waals surface area (Å²) in [6.45, 7) is 5.02. The molecule has 1 amide bonds. The Morgan fingerprint density at radius 1 is 1.12 bits per heavy atom. The molecule has 2 N–H and O–H groups in total. The van der Waals surface area contributed by atoms with Crippen LogP contribution in [0.4, 0.5) is 0 Å². The van der Waals surface area contributed by atoms with Gasteiger partial charge < -0.3 is 10.6 Å². The summed E-state index contributed by atoms with van der Waals surface area (Å²) in [5, 5.41) is 0. The molecule has 0 spiro atoms. The number of rotatable bonds is 6. The van der Waals surface area contributed by atoms with Crippen molar-refractivity contribution in [1.29, 1.82) is 0 Å². The van der Waals surface area contributed by atoms with Crippen molar-refractivity contribution in [1.82, 2.24) is 9.88 Å². The molecular weight excluding hydrogens is 345 g/mol. The Morgan fingerprint density at radius 3 is 2.29 bits per heavy atom. The number of halogens is 2. The molecule has 0 aliphatic carbocycles. The van der Waals surface area contributed by atoms with E-state index in [2.05, 4.69) is 4.98 Å². The van der Waals surface area contributed by atoms with Crippen LogP contribution in [0.2, 0.25) is 0 Å². The van der Waals surface area contributed by atoms with E-state index in [-0.39, 0.29) is 42.7 Å². The number of hydrogen-bond acceptors (Lipinski definition) is 3. The molecule has 0 saturated heterocycles. The molecule has 24 heavy (non-hydrogen) atoms. The second kappa shape index (κ2) is 11.0. The predicted molar refractivity (Wildman–Crippen MR) is 102 cm³/mol. The van der Waals surface area contributed by atoms with Gasteiger partial charge in [0, 0.05) is 18.8 Å².